The Hall–Kier alpha value is -3.47. The summed E-state index contributed by atoms with van der Waals surface area (Å²) in [5.41, 5.74) is 2.79. The highest BCUT2D eigenvalue weighted by molar-refractivity contribution is 5.94. The molecule has 0 spiro atoms. The molecule has 0 unspecified atom stereocenters. The van der Waals surface area contributed by atoms with Gasteiger partial charge in [0, 0.05) is 6.20 Å². The van der Waals surface area contributed by atoms with E-state index in [1.807, 2.05) is 65.3 Å². The zero-order valence-corrected chi connectivity index (χ0v) is 12.6. The Labute approximate surface area is 136 Å². The molecule has 5 heteroatoms. The minimum absolute atomic E-state index is 0.0996. The van der Waals surface area contributed by atoms with E-state index in [4.69, 9.17) is 4.98 Å². The summed E-state index contributed by atoms with van der Waals surface area (Å²) in [6.45, 7) is 0. The fourth-order valence-corrected chi connectivity index (χ4v) is 3.13. The SMILES string of the molecule is O=c1c2ccccc2nc2c3cccnc3n(-c3ccccc3)n12. The highest BCUT2D eigenvalue weighted by atomic mass is 16.1. The molecule has 3 heterocycles. The summed E-state index contributed by atoms with van der Waals surface area (Å²) >= 11 is 0. The van der Waals surface area contributed by atoms with Gasteiger partial charge in [0.2, 0.25) is 0 Å². The predicted molar refractivity (Wildman–Crippen MR) is 93.6 cm³/mol. The number of rotatable bonds is 1. The topological polar surface area (TPSA) is 52.2 Å². The molecule has 3 aromatic heterocycles. The standard InChI is InChI=1S/C19H12N4O/c24-19-14-9-4-5-11-16(14)21-18-15-10-6-12-20-17(15)22(23(18)19)13-7-2-1-3-8-13/h1-12H. The van der Waals surface area contributed by atoms with Gasteiger partial charge < -0.3 is 0 Å². The number of pyridine rings is 1. The number of benzene rings is 2. The molecule has 0 saturated carbocycles. The molecule has 114 valence electrons. The Morgan fingerprint density at radius 1 is 0.750 bits per heavy atom. The summed E-state index contributed by atoms with van der Waals surface area (Å²) in [5.74, 6) is 0. The lowest BCUT2D eigenvalue weighted by Gasteiger charge is -2.07. The van der Waals surface area contributed by atoms with E-state index in [0.29, 0.717) is 22.2 Å². The van der Waals surface area contributed by atoms with Gasteiger partial charge in [0.25, 0.3) is 5.56 Å². The van der Waals surface area contributed by atoms with Crippen molar-refractivity contribution in [3.05, 3.63) is 83.3 Å². The van der Waals surface area contributed by atoms with Crippen LogP contribution in [0.3, 0.4) is 0 Å². The Bertz CT molecular complexity index is 1270. The third-order valence-corrected chi connectivity index (χ3v) is 4.18. The number of para-hydroxylation sites is 2. The van der Waals surface area contributed by atoms with Crippen LogP contribution in [-0.4, -0.2) is 19.2 Å². The largest absolute Gasteiger partial charge is 0.281 e. The maximum Gasteiger partial charge on any atom is 0.281 e. The average molecular weight is 312 g/mol. The van der Waals surface area contributed by atoms with Crippen molar-refractivity contribution in [2.45, 2.75) is 0 Å². The van der Waals surface area contributed by atoms with Gasteiger partial charge in [-0.15, -0.1) is 0 Å². The summed E-state index contributed by atoms with van der Waals surface area (Å²) in [7, 11) is 0. The number of hydrogen-bond donors (Lipinski definition) is 0. The minimum Gasteiger partial charge on any atom is -0.267 e. The maximum atomic E-state index is 13.1. The van der Waals surface area contributed by atoms with Gasteiger partial charge in [0.1, 0.15) is 0 Å². The van der Waals surface area contributed by atoms with E-state index in [2.05, 4.69) is 4.98 Å². The molecule has 0 atom stereocenters. The molecular weight excluding hydrogens is 300 g/mol. The summed E-state index contributed by atoms with van der Waals surface area (Å²) in [4.78, 5) is 22.3. The summed E-state index contributed by atoms with van der Waals surface area (Å²) in [6.07, 6.45) is 1.73. The molecule has 0 N–H and O–H groups in total. The van der Waals surface area contributed by atoms with E-state index in [1.54, 1.807) is 16.8 Å². The molecule has 0 aliphatic rings. The van der Waals surface area contributed by atoms with E-state index in [9.17, 15) is 4.79 Å². The molecule has 0 aliphatic carbocycles. The fourth-order valence-electron chi connectivity index (χ4n) is 3.13. The van der Waals surface area contributed by atoms with Crippen LogP contribution in [0.5, 0.6) is 0 Å². The lowest BCUT2D eigenvalue weighted by Crippen LogP contribution is -2.20. The second kappa shape index (κ2) is 4.76. The van der Waals surface area contributed by atoms with Crippen molar-refractivity contribution < 1.29 is 0 Å². The smallest absolute Gasteiger partial charge is 0.267 e. The zero-order chi connectivity index (χ0) is 16.1. The molecule has 2 aromatic carbocycles. The first-order chi connectivity index (χ1) is 11.8. The van der Waals surface area contributed by atoms with Gasteiger partial charge in [-0.2, -0.15) is 4.52 Å². The van der Waals surface area contributed by atoms with E-state index in [0.717, 1.165) is 11.1 Å². The van der Waals surface area contributed by atoms with Crippen molar-refractivity contribution >= 4 is 27.6 Å². The van der Waals surface area contributed by atoms with E-state index in [-0.39, 0.29) is 5.56 Å². The fraction of sp³-hybridized carbons (Fsp3) is 0. The molecule has 5 aromatic rings. The van der Waals surface area contributed by atoms with Gasteiger partial charge in [-0.05, 0) is 36.4 Å². The van der Waals surface area contributed by atoms with Gasteiger partial charge in [0.05, 0.1) is 22.0 Å². The lowest BCUT2D eigenvalue weighted by molar-refractivity contribution is 0.786. The normalized spacial score (nSPS) is 11.5. The van der Waals surface area contributed by atoms with Gasteiger partial charge in [-0.1, -0.05) is 30.3 Å². The molecule has 0 saturated heterocycles. The Kier molecular flexibility index (Phi) is 2.58. The van der Waals surface area contributed by atoms with Crippen molar-refractivity contribution in [2.24, 2.45) is 0 Å². The van der Waals surface area contributed by atoms with E-state index >= 15 is 0 Å². The number of hydrogen-bond acceptors (Lipinski definition) is 3. The summed E-state index contributed by atoms with van der Waals surface area (Å²) in [6, 6.07) is 20.9. The zero-order valence-electron chi connectivity index (χ0n) is 12.6. The Morgan fingerprint density at radius 2 is 1.50 bits per heavy atom. The van der Waals surface area contributed by atoms with Crippen LogP contribution in [0, 0.1) is 0 Å². The molecule has 0 fully saturated rings. The third kappa shape index (κ3) is 1.66. The first-order valence-corrected chi connectivity index (χ1v) is 7.67. The van der Waals surface area contributed by atoms with Crippen molar-refractivity contribution in [3.63, 3.8) is 0 Å². The van der Waals surface area contributed by atoms with Gasteiger partial charge >= 0.3 is 0 Å². The summed E-state index contributed by atoms with van der Waals surface area (Å²) in [5, 5.41) is 1.44. The number of fused-ring (bicyclic) bond motifs is 4. The quantitative estimate of drug-likeness (QED) is 0.478. The van der Waals surface area contributed by atoms with Crippen LogP contribution in [0.25, 0.3) is 33.3 Å². The molecule has 5 rings (SSSR count). The minimum atomic E-state index is -0.0996. The van der Waals surface area contributed by atoms with E-state index < -0.39 is 0 Å². The van der Waals surface area contributed by atoms with Crippen LogP contribution in [0.15, 0.2) is 77.7 Å². The lowest BCUT2D eigenvalue weighted by atomic mass is 10.2. The molecule has 0 radical (unpaired) electrons. The van der Waals surface area contributed by atoms with Gasteiger partial charge in [0.15, 0.2) is 11.3 Å². The second-order valence-corrected chi connectivity index (χ2v) is 5.59. The van der Waals surface area contributed by atoms with Crippen molar-refractivity contribution in [2.75, 3.05) is 0 Å². The van der Waals surface area contributed by atoms with Gasteiger partial charge in [-0.25, -0.2) is 14.6 Å². The molecular formula is C19H12N4O. The number of aromatic nitrogens is 4. The Morgan fingerprint density at radius 3 is 2.38 bits per heavy atom. The highest BCUT2D eigenvalue weighted by Crippen LogP contribution is 2.23. The van der Waals surface area contributed by atoms with E-state index in [1.165, 1.54) is 0 Å². The Balaban J connectivity index is 2.11. The van der Waals surface area contributed by atoms with Crippen LogP contribution >= 0.6 is 0 Å². The van der Waals surface area contributed by atoms with Crippen LogP contribution < -0.4 is 5.56 Å². The van der Waals surface area contributed by atoms with Crippen molar-refractivity contribution in [1.29, 1.82) is 0 Å². The monoisotopic (exact) mass is 312 g/mol. The predicted octanol–water partition coefficient (Wildman–Crippen LogP) is 3.19. The molecule has 24 heavy (non-hydrogen) atoms. The van der Waals surface area contributed by atoms with Crippen LogP contribution in [-0.2, 0) is 0 Å². The third-order valence-electron chi connectivity index (χ3n) is 4.18. The first kappa shape index (κ1) is 13.0. The van der Waals surface area contributed by atoms with Crippen LogP contribution in [0.2, 0.25) is 0 Å². The molecule has 5 nitrogen and oxygen atoms in total. The second-order valence-electron chi connectivity index (χ2n) is 5.59. The molecule has 0 aliphatic heterocycles. The molecule has 0 bridgehead atoms. The highest BCUT2D eigenvalue weighted by Gasteiger charge is 2.17. The maximum absolute atomic E-state index is 13.1. The van der Waals surface area contributed by atoms with Crippen molar-refractivity contribution in [3.8, 4) is 5.69 Å². The summed E-state index contributed by atoms with van der Waals surface area (Å²) < 4.78 is 3.43. The first-order valence-electron chi connectivity index (χ1n) is 7.67. The van der Waals surface area contributed by atoms with Gasteiger partial charge in [-0.3, -0.25) is 4.79 Å². The van der Waals surface area contributed by atoms with Crippen LogP contribution in [0.4, 0.5) is 0 Å². The van der Waals surface area contributed by atoms with Crippen LogP contribution in [0.1, 0.15) is 0 Å². The molecule has 0 amide bonds. The number of nitrogens with zero attached hydrogens (tertiary/aromatic N) is 4. The average Bonchev–Trinajstić information content (AvgIpc) is 2.98. The van der Waals surface area contributed by atoms with Crippen molar-refractivity contribution in [1.82, 2.24) is 19.2 Å².